The minimum absolute atomic E-state index is 0.325. The number of aromatic carboxylic acids is 1. The Morgan fingerprint density at radius 3 is 2.88 bits per heavy atom. The van der Waals surface area contributed by atoms with Crippen LogP contribution in [0, 0.1) is 0 Å². The Hall–Kier alpha value is -2.03. The Morgan fingerprint density at radius 2 is 2.06 bits per heavy atom. The molecule has 0 unspecified atom stereocenters. The molecule has 1 N–H and O–H groups in total. The van der Waals surface area contributed by atoms with Crippen molar-refractivity contribution in [3.05, 3.63) is 41.5 Å². The van der Waals surface area contributed by atoms with E-state index in [1.54, 1.807) is 12.1 Å². The van der Waals surface area contributed by atoms with Gasteiger partial charge in [0.05, 0.1) is 12.2 Å². The Labute approximate surface area is 92.3 Å². The third kappa shape index (κ3) is 1.33. The fraction of sp³-hybridized carbons (Fsp3) is 0.154. The molecule has 3 heteroatoms. The molecule has 2 aromatic rings. The van der Waals surface area contributed by atoms with Gasteiger partial charge in [-0.25, -0.2) is 4.79 Å². The molecule has 1 heterocycles. The number of carbonyl (C=O) groups is 1. The van der Waals surface area contributed by atoms with Crippen molar-refractivity contribution in [3.63, 3.8) is 0 Å². The minimum atomic E-state index is -0.890. The van der Waals surface area contributed by atoms with Crippen LogP contribution in [0.4, 0.5) is 0 Å². The van der Waals surface area contributed by atoms with E-state index in [-0.39, 0.29) is 0 Å². The third-order valence-electron chi connectivity index (χ3n) is 2.90. The lowest BCUT2D eigenvalue weighted by Crippen LogP contribution is -1.95. The van der Waals surface area contributed by atoms with Gasteiger partial charge in [0, 0.05) is 6.42 Å². The molecule has 1 aliphatic rings. The SMILES string of the molecule is O=C(O)c1ccc2cc3c(cc2c1)CCO3. The minimum Gasteiger partial charge on any atom is -0.493 e. The summed E-state index contributed by atoms with van der Waals surface area (Å²) < 4.78 is 5.47. The van der Waals surface area contributed by atoms with Crippen LogP contribution in [0.3, 0.4) is 0 Å². The number of fused-ring (bicyclic) bond motifs is 2. The molecule has 1 aliphatic heterocycles. The summed E-state index contributed by atoms with van der Waals surface area (Å²) >= 11 is 0. The first-order valence-corrected chi connectivity index (χ1v) is 5.17. The Balaban J connectivity index is 2.24. The van der Waals surface area contributed by atoms with Gasteiger partial charge in [0.1, 0.15) is 5.75 Å². The molecule has 3 rings (SSSR count). The maximum absolute atomic E-state index is 10.9. The molecule has 80 valence electrons. The number of hydrogen-bond donors (Lipinski definition) is 1. The van der Waals surface area contributed by atoms with Crippen LogP contribution in [-0.2, 0) is 6.42 Å². The Morgan fingerprint density at radius 1 is 1.19 bits per heavy atom. The van der Waals surface area contributed by atoms with Gasteiger partial charge in [-0.2, -0.15) is 0 Å². The van der Waals surface area contributed by atoms with Crippen molar-refractivity contribution in [3.8, 4) is 5.75 Å². The molecule has 0 atom stereocenters. The van der Waals surface area contributed by atoms with Gasteiger partial charge in [-0.05, 0) is 40.6 Å². The maximum Gasteiger partial charge on any atom is 0.335 e. The first-order chi connectivity index (χ1) is 7.74. The van der Waals surface area contributed by atoms with Crippen molar-refractivity contribution in [2.45, 2.75) is 6.42 Å². The highest BCUT2D eigenvalue weighted by atomic mass is 16.5. The third-order valence-corrected chi connectivity index (χ3v) is 2.90. The lowest BCUT2D eigenvalue weighted by Gasteiger charge is -2.03. The second kappa shape index (κ2) is 3.23. The van der Waals surface area contributed by atoms with Gasteiger partial charge in [-0.1, -0.05) is 6.07 Å². The molecule has 0 radical (unpaired) electrons. The molecule has 0 spiro atoms. The van der Waals surface area contributed by atoms with E-state index >= 15 is 0 Å². The molecular formula is C13H10O3. The second-order valence-corrected chi connectivity index (χ2v) is 3.93. The van der Waals surface area contributed by atoms with Crippen LogP contribution in [0.2, 0.25) is 0 Å². The van der Waals surface area contributed by atoms with Gasteiger partial charge in [0.25, 0.3) is 0 Å². The van der Waals surface area contributed by atoms with Gasteiger partial charge < -0.3 is 9.84 Å². The van der Waals surface area contributed by atoms with Crippen molar-refractivity contribution in [1.29, 1.82) is 0 Å². The number of carboxylic acid groups (broad SMARTS) is 1. The van der Waals surface area contributed by atoms with E-state index in [1.807, 2.05) is 18.2 Å². The molecule has 0 saturated carbocycles. The summed E-state index contributed by atoms with van der Waals surface area (Å²) in [6.45, 7) is 0.720. The highest BCUT2D eigenvalue weighted by Gasteiger charge is 2.13. The average Bonchev–Trinajstić information content (AvgIpc) is 2.71. The van der Waals surface area contributed by atoms with Crippen molar-refractivity contribution < 1.29 is 14.6 Å². The Kier molecular flexibility index (Phi) is 1.86. The Bertz CT molecular complexity index is 587. The number of benzene rings is 2. The predicted molar refractivity (Wildman–Crippen MR) is 60.1 cm³/mol. The number of carboxylic acids is 1. The molecule has 0 fully saturated rings. The fourth-order valence-corrected chi connectivity index (χ4v) is 2.06. The quantitative estimate of drug-likeness (QED) is 0.793. The van der Waals surface area contributed by atoms with Gasteiger partial charge in [0.2, 0.25) is 0 Å². The summed E-state index contributed by atoms with van der Waals surface area (Å²) in [5.74, 6) is 0.0363. The summed E-state index contributed by atoms with van der Waals surface area (Å²) in [5.41, 5.74) is 1.49. The van der Waals surface area contributed by atoms with Gasteiger partial charge in [-0.3, -0.25) is 0 Å². The zero-order valence-electron chi connectivity index (χ0n) is 8.56. The monoisotopic (exact) mass is 214 g/mol. The highest BCUT2D eigenvalue weighted by molar-refractivity contribution is 5.95. The topological polar surface area (TPSA) is 46.5 Å². The number of ether oxygens (including phenoxy) is 1. The van der Waals surface area contributed by atoms with Crippen LogP contribution in [0.25, 0.3) is 10.8 Å². The van der Waals surface area contributed by atoms with E-state index in [2.05, 4.69) is 0 Å². The summed E-state index contributed by atoms with van der Waals surface area (Å²) in [7, 11) is 0. The van der Waals surface area contributed by atoms with Crippen LogP contribution in [0.15, 0.2) is 30.3 Å². The maximum atomic E-state index is 10.9. The largest absolute Gasteiger partial charge is 0.493 e. The van der Waals surface area contributed by atoms with Crippen LogP contribution < -0.4 is 4.74 Å². The number of rotatable bonds is 1. The molecule has 2 aromatic carbocycles. The van der Waals surface area contributed by atoms with Crippen LogP contribution in [0.1, 0.15) is 15.9 Å². The molecule has 0 bridgehead atoms. The summed E-state index contributed by atoms with van der Waals surface area (Å²) in [6.07, 6.45) is 0.905. The van der Waals surface area contributed by atoms with Crippen molar-refractivity contribution in [2.75, 3.05) is 6.61 Å². The molecule has 16 heavy (non-hydrogen) atoms. The van der Waals surface area contributed by atoms with Crippen LogP contribution >= 0.6 is 0 Å². The van der Waals surface area contributed by atoms with Crippen LogP contribution in [0.5, 0.6) is 5.75 Å². The summed E-state index contributed by atoms with van der Waals surface area (Å²) in [6, 6.07) is 9.14. The average molecular weight is 214 g/mol. The molecule has 0 aromatic heterocycles. The van der Waals surface area contributed by atoms with Gasteiger partial charge in [-0.15, -0.1) is 0 Å². The van der Waals surface area contributed by atoms with Gasteiger partial charge in [0.15, 0.2) is 0 Å². The van der Waals surface area contributed by atoms with Gasteiger partial charge >= 0.3 is 5.97 Å². The zero-order valence-corrected chi connectivity index (χ0v) is 8.56. The van der Waals surface area contributed by atoms with E-state index in [1.165, 1.54) is 0 Å². The standard InChI is InChI=1S/C13H10O3/c14-13(15)10-2-1-8-7-12-9(3-4-16-12)5-11(8)6-10/h1-2,5-7H,3-4H2,(H,14,15). The summed E-state index contributed by atoms with van der Waals surface area (Å²) in [5, 5.41) is 10.9. The zero-order chi connectivity index (χ0) is 11.1. The van der Waals surface area contributed by atoms with E-state index in [9.17, 15) is 4.79 Å². The predicted octanol–water partition coefficient (Wildman–Crippen LogP) is 2.47. The first-order valence-electron chi connectivity index (χ1n) is 5.17. The lowest BCUT2D eigenvalue weighted by molar-refractivity contribution is 0.0697. The smallest absolute Gasteiger partial charge is 0.335 e. The lowest BCUT2D eigenvalue weighted by atomic mass is 10.0. The molecule has 0 aliphatic carbocycles. The molecule has 0 amide bonds. The van der Waals surface area contributed by atoms with E-state index in [0.717, 1.165) is 35.1 Å². The van der Waals surface area contributed by atoms with E-state index in [0.29, 0.717) is 5.56 Å². The van der Waals surface area contributed by atoms with Crippen molar-refractivity contribution >= 4 is 16.7 Å². The first kappa shape index (κ1) is 9.21. The number of hydrogen-bond acceptors (Lipinski definition) is 2. The van der Waals surface area contributed by atoms with E-state index < -0.39 is 5.97 Å². The molecule has 3 nitrogen and oxygen atoms in total. The molecule has 0 saturated heterocycles. The second-order valence-electron chi connectivity index (χ2n) is 3.93. The summed E-state index contributed by atoms with van der Waals surface area (Å²) in [4.78, 5) is 10.9. The van der Waals surface area contributed by atoms with Crippen molar-refractivity contribution in [2.24, 2.45) is 0 Å². The normalized spacial score (nSPS) is 13.5. The van der Waals surface area contributed by atoms with Crippen molar-refractivity contribution in [1.82, 2.24) is 0 Å². The van der Waals surface area contributed by atoms with Crippen LogP contribution in [-0.4, -0.2) is 17.7 Å². The molecular weight excluding hydrogens is 204 g/mol. The van der Waals surface area contributed by atoms with E-state index in [4.69, 9.17) is 9.84 Å². The fourth-order valence-electron chi connectivity index (χ4n) is 2.06. The highest BCUT2D eigenvalue weighted by Crippen LogP contribution is 2.30.